The van der Waals surface area contributed by atoms with Crippen molar-refractivity contribution in [3.63, 3.8) is 0 Å². The van der Waals surface area contributed by atoms with Crippen molar-refractivity contribution in [2.24, 2.45) is 0 Å². The molecular weight excluding hydrogens is 282 g/mol. The van der Waals surface area contributed by atoms with Crippen molar-refractivity contribution in [2.75, 3.05) is 13.6 Å². The summed E-state index contributed by atoms with van der Waals surface area (Å²) in [4.78, 5) is 15.5. The fourth-order valence-electron chi connectivity index (χ4n) is 2.78. The molecule has 108 valence electrons. The highest BCUT2D eigenvalue weighted by Gasteiger charge is 2.25. The molecule has 1 amide bonds. The average Bonchev–Trinajstić information content (AvgIpc) is 2.84. The van der Waals surface area contributed by atoms with Crippen LogP contribution in [0.5, 0.6) is 0 Å². The van der Waals surface area contributed by atoms with Gasteiger partial charge in [0.2, 0.25) is 0 Å². The van der Waals surface area contributed by atoms with Crippen LogP contribution in [0.3, 0.4) is 0 Å². The Labute approximate surface area is 128 Å². The molecule has 0 radical (unpaired) electrons. The van der Waals surface area contributed by atoms with Gasteiger partial charge < -0.3 is 9.47 Å². The van der Waals surface area contributed by atoms with Gasteiger partial charge in [-0.15, -0.1) is 11.8 Å². The summed E-state index contributed by atoms with van der Waals surface area (Å²) in [5, 5.41) is 10.2. The molecule has 1 atom stereocenters. The number of para-hydroxylation sites is 1. The zero-order chi connectivity index (χ0) is 15.0. The number of hydrogen-bond donors (Lipinski definition) is 0. The number of amides is 1. The molecule has 1 aromatic carbocycles. The maximum atomic E-state index is 12.6. The number of thioether (sulfide) groups is 1. The molecule has 1 aliphatic rings. The summed E-state index contributed by atoms with van der Waals surface area (Å²) in [6, 6.07) is 10.3. The Morgan fingerprint density at radius 3 is 3.14 bits per heavy atom. The van der Waals surface area contributed by atoms with E-state index in [0.717, 1.165) is 23.1 Å². The van der Waals surface area contributed by atoms with E-state index in [0.29, 0.717) is 18.2 Å². The fourth-order valence-corrected chi connectivity index (χ4v) is 3.93. The van der Waals surface area contributed by atoms with E-state index < -0.39 is 0 Å². The van der Waals surface area contributed by atoms with Crippen molar-refractivity contribution < 1.29 is 4.79 Å². The molecule has 0 fully saturated rings. The SMILES string of the molecule is C[C@H]1Cn2c(C(=O)N(C)CCC#N)cc3cccc(c32)S1. The number of benzene rings is 1. The van der Waals surface area contributed by atoms with E-state index in [1.165, 1.54) is 4.90 Å². The molecule has 0 saturated heterocycles. The fraction of sp³-hybridized carbons (Fsp3) is 0.375. The lowest BCUT2D eigenvalue weighted by Gasteiger charge is -2.24. The topological polar surface area (TPSA) is 49.0 Å². The Morgan fingerprint density at radius 2 is 2.38 bits per heavy atom. The molecule has 4 nitrogen and oxygen atoms in total. The second-order valence-corrected chi connectivity index (χ2v) is 6.88. The average molecular weight is 299 g/mol. The van der Waals surface area contributed by atoms with Crippen LogP contribution in [0.2, 0.25) is 0 Å². The smallest absolute Gasteiger partial charge is 0.270 e. The highest BCUT2D eigenvalue weighted by molar-refractivity contribution is 8.00. The minimum Gasteiger partial charge on any atom is -0.339 e. The molecule has 3 rings (SSSR count). The molecule has 0 unspecified atom stereocenters. The van der Waals surface area contributed by atoms with Crippen LogP contribution in [0, 0.1) is 11.3 Å². The molecular formula is C16H17N3OS. The lowest BCUT2D eigenvalue weighted by molar-refractivity contribution is 0.0787. The molecule has 0 spiro atoms. The largest absolute Gasteiger partial charge is 0.339 e. The minimum atomic E-state index is -0.00787. The number of hydrogen-bond acceptors (Lipinski definition) is 3. The second-order valence-electron chi connectivity index (χ2n) is 5.40. The Kier molecular flexibility index (Phi) is 3.64. The highest BCUT2D eigenvalue weighted by Crippen LogP contribution is 2.38. The Hall–Kier alpha value is -1.93. The Morgan fingerprint density at radius 1 is 1.57 bits per heavy atom. The number of carbonyl (C=O) groups is 1. The third kappa shape index (κ3) is 2.40. The molecule has 0 saturated carbocycles. The Bertz CT molecular complexity index is 744. The third-order valence-corrected chi connectivity index (χ3v) is 4.91. The van der Waals surface area contributed by atoms with E-state index >= 15 is 0 Å². The summed E-state index contributed by atoms with van der Waals surface area (Å²) >= 11 is 1.86. The highest BCUT2D eigenvalue weighted by atomic mass is 32.2. The predicted octanol–water partition coefficient (Wildman–Crippen LogP) is 3.12. The van der Waals surface area contributed by atoms with Crippen LogP contribution in [-0.4, -0.2) is 34.2 Å². The first-order chi connectivity index (χ1) is 10.1. The zero-order valence-electron chi connectivity index (χ0n) is 12.2. The van der Waals surface area contributed by atoms with E-state index in [1.54, 1.807) is 11.9 Å². The third-order valence-electron chi connectivity index (χ3n) is 3.78. The van der Waals surface area contributed by atoms with E-state index in [-0.39, 0.29) is 5.91 Å². The van der Waals surface area contributed by atoms with Crippen molar-refractivity contribution in [1.82, 2.24) is 9.47 Å². The van der Waals surface area contributed by atoms with Crippen LogP contribution < -0.4 is 0 Å². The van der Waals surface area contributed by atoms with Crippen molar-refractivity contribution in [3.8, 4) is 6.07 Å². The van der Waals surface area contributed by atoms with Crippen molar-refractivity contribution in [1.29, 1.82) is 5.26 Å². The van der Waals surface area contributed by atoms with Crippen LogP contribution in [0.1, 0.15) is 23.8 Å². The van der Waals surface area contributed by atoms with Gasteiger partial charge in [0.25, 0.3) is 5.91 Å². The molecule has 2 heterocycles. The van der Waals surface area contributed by atoms with Gasteiger partial charge in [0.05, 0.1) is 18.0 Å². The van der Waals surface area contributed by atoms with Gasteiger partial charge >= 0.3 is 0 Å². The zero-order valence-corrected chi connectivity index (χ0v) is 13.0. The molecule has 0 bridgehead atoms. The van der Waals surface area contributed by atoms with E-state index in [4.69, 9.17) is 5.26 Å². The van der Waals surface area contributed by atoms with Crippen LogP contribution in [0.4, 0.5) is 0 Å². The number of carbonyl (C=O) groups excluding carboxylic acids is 1. The summed E-state index contributed by atoms with van der Waals surface area (Å²) in [5.74, 6) is -0.00787. The summed E-state index contributed by atoms with van der Waals surface area (Å²) in [6.45, 7) is 3.49. The number of nitriles is 1. The summed E-state index contributed by atoms with van der Waals surface area (Å²) in [7, 11) is 1.76. The second kappa shape index (κ2) is 5.45. The monoisotopic (exact) mass is 299 g/mol. The van der Waals surface area contributed by atoms with Crippen LogP contribution >= 0.6 is 11.8 Å². The molecule has 2 aromatic rings. The van der Waals surface area contributed by atoms with E-state index in [2.05, 4.69) is 29.7 Å². The normalized spacial score (nSPS) is 16.7. The lowest BCUT2D eigenvalue weighted by Crippen LogP contribution is -2.30. The Balaban J connectivity index is 2.05. The maximum absolute atomic E-state index is 12.6. The molecule has 1 aliphatic heterocycles. The van der Waals surface area contributed by atoms with Crippen molar-refractivity contribution in [2.45, 2.75) is 30.0 Å². The molecule has 5 heteroatoms. The van der Waals surface area contributed by atoms with Gasteiger partial charge in [0.1, 0.15) is 5.69 Å². The van der Waals surface area contributed by atoms with Crippen LogP contribution in [0.15, 0.2) is 29.2 Å². The van der Waals surface area contributed by atoms with Crippen LogP contribution in [0.25, 0.3) is 10.9 Å². The van der Waals surface area contributed by atoms with Crippen molar-refractivity contribution >= 4 is 28.6 Å². The predicted molar refractivity (Wildman–Crippen MR) is 84.4 cm³/mol. The summed E-state index contributed by atoms with van der Waals surface area (Å²) in [5.41, 5.74) is 1.89. The van der Waals surface area contributed by atoms with E-state index in [9.17, 15) is 4.79 Å². The molecule has 21 heavy (non-hydrogen) atoms. The first-order valence-corrected chi connectivity index (χ1v) is 7.91. The summed E-state index contributed by atoms with van der Waals surface area (Å²) < 4.78 is 2.14. The van der Waals surface area contributed by atoms with Gasteiger partial charge in [-0.2, -0.15) is 5.26 Å². The molecule has 1 aromatic heterocycles. The van der Waals surface area contributed by atoms with Gasteiger partial charge in [0, 0.05) is 35.7 Å². The van der Waals surface area contributed by atoms with Gasteiger partial charge in [0.15, 0.2) is 0 Å². The van der Waals surface area contributed by atoms with Gasteiger partial charge in [-0.1, -0.05) is 19.1 Å². The van der Waals surface area contributed by atoms with Crippen LogP contribution in [-0.2, 0) is 6.54 Å². The first kappa shape index (κ1) is 14.0. The van der Waals surface area contributed by atoms with Gasteiger partial charge in [-0.3, -0.25) is 4.79 Å². The number of aromatic nitrogens is 1. The van der Waals surface area contributed by atoms with E-state index in [1.807, 2.05) is 23.9 Å². The van der Waals surface area contributed by atoms with Crippen molar-refractivity contribution in [3.05, 3.63) is 30.0 Å². The lowest BCUT2D eigenvalue weighted by atomic mass is 10.2. The van der Waals surface area contributed by atoms with Gasteiger partial charge in [-0.05, 0) is 12.1 Å². The molecule has 0 aliphatic carbocycles. The summed E-state index contributed by atoms with van der Waals surface area (Å²) in [6.07, 6.45) is 0.361. The standard InChI is InChI=1S/C16H17N3OS/c1-11-10-19-13(16(20)18(2)8-4-7-17)9-12-5-3-6-14(21-11)15(12)19/h3,5-6,9,11H,4,8,10H2,1-2H3/t11-/m0/s1. The van der Waals surface area contributed by atoms with Gasteiger partial charge in [-0.25, -0.2) is 0 Å². The number of nitrogens with zero attached hydrogens (tertiary/aromatic N) is 3. The minimum absolute atomic E-state index is 0.00787. The quantitative estimate of drug-likeness (QED) is 0.875. The first-order valence-electron chi connectivity index (χ1n) is 7.03. The number of rotatable bonds is 3. The molecule has 0 N–H and O–H groups in total. The maximum Gasteiger partial charge on any atom is 0.270 e.